The van der Waals surface area contributed by atoms with Crippen molar-refractivity contribution < 1.29 is 4.79 Å². The second-order valence-corrected chi connectivity index (χ2v) is 6.70. The highest BCUT2D eigenvalue weighted by atomic mass is 16.2. The first kappa shape index (κ1) is 15.6. The second kappa shape index (κ2) is 6.20. The molecule has 0 unspecified atom stereocenters. The van der Waals surface area contributed by atoms with Crippen molar-refractivity contribution in [1.29, 1.82) is 0 Å². The van der Waals surface area contributed by atoms with E-state index in [2.05, 4.69) is 5.32 Å². The lowest BCUT2D eigenvalue weighted by atomic mass is 9.92. The monoisotopic (exact) mass is 332 g/mol. The smallest absolute Gasteiger partial charge is 0.272 e. The van der Waals surface area contributed by atoms with Crippen molar-refractivity contribution in [2.24, 2.45) is 0 Å². The predicted octanol–water partition coefficient (Wildman–Crippen LogP) is 4.29. The van der Waals surface area contributed by atoms with Crippen LogP contribution in [0.4, 0.5) is 5.69 Å². The van der Waals surface area contributed by atoms with Crippen LogP contribution in [-0.4, -0.2) is 10.5 Å². The minimum absolute atomic E-state index is 0.0724. The highest BCUT2D eigenvalue weighted by molar-refractivity contribution is 6.05. The largest absolute Gasteiger partial charge is 0.321 e. The summed E-state index contributed by atoms with van der Waals surface area (Å²) in [5.74, 6) is -0.237. The topological polar surface area (TPSA) is 51.1 Å². The number of amides is 1. The molecule has 0 spiro atoms. The van der Waals surface area contributed by atoms with E-state index < -0.39 is 0 Å². The first-order valence-corrected chi connectivity index (χ1v) is 8.66. The molecule has 0 radical (unpaired) electrons. The van der Waals surface area contributed by atoms with Crippen LogP contribution in [0.3, 0.4) is 0 Å². The number of nitrogens with one attached hydrogen (secondary N) is 1. The van der Waals surface area contributed by atoms with Crippen LogP contribution in [-0.2, 0) is 0 Å². The standard InChI is InChI=1S/C21H20N2O2/c1-14-9-11-16(12-10-14)22-20(24)19-13-15-5-2-3-8-18(15)21(25)23(19)17-6-4-7-17/h2-3,5,8-13,17H,4,6-7H2,1H3,(H,22,24). The van der Waals surface area contributed by atoms with Crippen molar-refractivity contribution in [2.45, 2.75) is 32.2 Å². The van der Waals surface area contributed by atoms with Gasteiger partial charge in [-0.3, -0.25) is 9.59 Å². The number of aryl methyl sites for hydroxylation is 1. The Morgan fingerprint density at radius 3 is 2.48 bits per heavy atom. The van der Waals surface area contributed by atoms with Gasteiger partial charge in [0, 0.05) is 17.1 Å². The van der Waals surface area contributed by atoms with Crippen molar-refractivity contribution in [1.82, 2.24) is 4.57 Å². The summed E-state index contributed by atoms with van der Waals surface area (Å²) < 4.78 is 1.69. The molecule has 2 aromatic carbocycles. The molecule has 0 bridgehead atoms. The van der Waals surface area contributed by atoms with E-state index in [4.69, 9.17) is 0 Å². The van der Waals surface area contributed by atoms with Gasteiger partial charge in [0.05, 0.1) is 0 Å². The van der Waals surface area contributed by atoms with Crippen molar-refractivity contribution in [2.75, 3.05) is 5.32 Å². The van der Waals surface area contributed by atoms with Crippen LogP contribution in [0.5, 0.6) is 0 Å². The van der Waals surface area contributed by atoms with E-state index in [0.717, 1.165) is 35.9 Å². The zero-order chi connectivity index (χ0) is 17.4. The van der Waals surface area contributed by atoms with E-state index in [1.54, 1.807) is 4.57 Å². The maximum absolute atomic E-state index is 13.0. The number of rotatable bonds is 3. The van der Waals surface area contributed by atoms with E-state index in [0.29, 0.717) is 11.1 Å². The van der Waals surface area contributed by atoms with Gasteiger partial charge < -0.3 is 9.88 Å². The van der Waals surface area contributed by atoms with Crippen LogP contribution in [0.15, 0.2) is 59.4 Å². The fourth-order valence-corrected chi connectivity index (χ4v) is 3.29. The molecule has 1 amide bonds. The zero-order valence-electron chi connectivity index (χ0n) is 14.2. The molecule has 25 heavy (non-hydrogen) atoms. The highest BCUT2D eigenvalue weighted by Gasteiger charge is 2.26. The molecule has 0 aliphatic heterocycles. The molecule has 1 aromatic heterocycles. The fourth-order valence-electron chi connectivity index (χ4n) is 3.29. The summed E-state index contributed by atoms with van der Waals surface area (Å²) in [6.07, 6.45) is 3.00. The van der Waals surface area contributed by atoms with E-state index in [9.17, 15) is 9.59 Å². The lowest BCUT2D eigenvalue weighted by molar-refractivity contribution is 0.101. The molecule has 1 aliphatic rings. The van der Waals surface area contributed by atoms with Gasteiger partial charge in [-0.25, -0.2) is 0 Å². The minimum atomic E-state index is -0.237. The maximum Gasteiger partial charge on any atom is 0.272 e. The molecule has 0 atom stereocenters. The molecular formula is C21H20N2O2. The number of nitrogens with zero attached hydrogens (tertiary/aromatic N) is 1. The number of aromatic nitrogens is 1. The molecule has 1 aliphatic carbocycles. The SMILES string of the molecule is Cc1ccc(NC(=O)c2cc3ccccc3c(=O)n2C2CCC2)cc1. The van der Waals surface area contributed by atoms with Crippen LogP contribution in [0.2, 0.25) is 0 Å². The third-order valence-corrected chi connectivity index (χ3v) is 4.94. The van der Waals surface area contributed by atoms with Gasteiger partial charge in [0.1, 0.15) is 5.69 Å². The molecule has 1 N–H and O–H groups in total. The van der Waals surface area contributed by atoms with Gasteiger partial charge in [0.2, 0.25) is 0 Å². The Bertz CT molecular complexity index is 999. The van der Waals surface area contributed by atoms with Crippen LogP contribution in [0.25, 0.3) is 10.8 Å². The molecule has 4 heteroatoms. The summed E-state index contributed by atoms with van der Waals surface area (Å²) >= 11 is 0. The predicted molar refractivity (Wildman–Crippen MR) is 100 cm³/mol. The third-order valence-electron chi connectivity index (χ3n) is 4.94. The summed E-state index contributed by atoms with van der Waals surface area (Å²) in [5, 5.41) is 4.39. The summed E-state index contributed by atoms with van der Waals surface area (Å²) in [6.45, 7) is 2.00. The summed E-state index contributed by atoms with van der Waals surface area (Å²) in [7, 11) is 0. The van der Waals surface area contributed by atoms with Gasteiger partial charge in [-0.15, -0.1) is 0 Å². The lowest BCUT2D eigenvalue weighted by Crippen LogP contribution is -2.34. The van der Waals surface area contributed by atoms with Gasteiger partial charge in [0.25, 0.3) is 11.5 Å². The molecule has 4 nitrogen and oxygen atoms in total. The van der Waals surface area contributed by atoms with Crippen molar-refractivity contribution >= 4 is 22.4 Å². The van der Waals surface area contributed by atoms with Gasteiger partial charge in [0.15, 0.2) is 0 Å². The average Bonchev–Trinajstić information content (AvgIpc) is 2.57. The summed E-state index contributed by atoms with van der Waals surface area (Å²) in [6, 6.07) is 17.1. The van der Waals surface area contributed by atoms with Crippen LogP contribution < -0.4 is 10.9 Å². The first-order chi connectivity index (χ1) is 12.1. The molecular weight excluding hydrogens is 312 g/mol. The highest BCUT2D eigenvalue weighted by Crippen LogP contribution is 2.32. The van der Waals surface area contributed by atoms with Crippen LogP contribution in [0, 0.1) is 6.92 Å². The average molecular weight is 332 g/mol. The molecule has 126 valence electrons. The lowest BCUT2D eigenvalue weighted by Gasteiger charge is -2.30. The Kier molecular flexibility index (Phi) is 3.88. The molecule has 1 saturated carbocycles. The maximum atomic E-state index is 13.0. The van der Waals surface area contributed by atoms with Gasteiger partial charge in [-0.2, -0.15) is 0 Å². The number of carbonyl (C=O) groups excluding carboxylic acids is 1. The Balaban J connectivity index is 1.80. The molecule has 0 saturated heterocycles. The minimum Gasteiger partial charge on any atom is -0.321 e. The Hall–Kier alpha value is -2.88. The van der Waals surface area contributed by atoms with E-state index in [1.807, 2.05) is 61.5 Å². The molecule has 1 fully saturated rings. The second-order valence-electron chi connectivity index (χ2n) is 6.70. The first-order valence-electron chi connectivity index (χ1n) is 8.66. The normalized spacial score (nSPS) is 14.3. The molecule has 4 rings (SSSR count). The summed E-state index contributed by atoms with van der Waals surface area (Å²) in [4.78, 5) is 25.9. The van der Waals surface area contributed by atoms with Crippen molar-refractivity contribution in [3.05, 3.63) is 76.2 Å². The van der Waals surface area contributed by atoms with E-state index >= 15 is 0 Å². The number of pyridine rings is 1. The van der Waals surface area contributed by atoms with Gasteiger partial charge in [-0.1, -0.05) is 35.9 Å². The van der Waals surface area contributed by atoms with Gasteiger partial charge in [-0.05, 0) is 55.8 Å². The third kappa shape index (κ3) is 2.84. The molecule has 3 aromatic rings. The number of carbonyl (C=O) groups is 1. The quantitative estimate of drug-likeness (QED) is 0.778. The molecule has 1 heterocycles. The van der Waals surface area contributed by atoms with Crippen LogP contribution >= 0.6 is 0 Å². The van der Waals surface area contributed by atoms with Crippen LogP contribution in [0.1, 0.15) is 41.4 Å². The Labute approximate surface area is 146 Å². The van der Waals surface area contributed by atoms with Crippen molar-refractivity contribution in [3.8, 4) is 0 Å². The van der Waals surface area contributed by atoms with Crippen molar-refractivity contribution in [3.63, 3.8) is 0 Å². The Morgan fingerprint density at radius 2 is 1.80 bits per heavy atom. The number of benzene rings is 2. The fraction of sp³-hybridized carbons (Fsp3) is 0.238. The number of anilines is 1. The number of fused-ring (bicyclic) bond motifs is 1. The van der Waals surface area contributed by atoms with E-state index in [-0.39, 0.29) is 17.5 Å². The number of hydrogen-bond acceptors (Lipinski definition) is 2. The zero-order valence-corrected chi connectivity index (χ0v) is 14.2. The van der Waals surface area contributed by atoms with E-state index in [1.165, 1.54) is 0 Å². The summed E-state index contributed by atoms with van der Waals surface area (Å²) in [5.41, 5.74) is 2.23. The number of hydrogen-bond donors (Lipinski definition) is 1. The Morgan fingerprint density at radius 1 is 1.08 bits per heavy atom. The van der Waals surface area contributed by atoms with Gasteiger partial charge >= 0.3 is 0 Å².